The minimum Gasteiger partial charge on any atom is -0.341 e. The smallest absolute Gasteiger partial charge is 0.241 e. The van der Waals surface area contributed by atoms with Gasteiger partial charge in [-0.1, -0.05) is 46.3 Å². The predicted molar refractivity (Wildman–Crippen MR) is 105 cm³/mol. The van der Waals surface area contributed by atoms with E-state index in [1.54, 1.807) is 24.1 Å². The molecule has 0 atom stereocenters. The molecule has 0 heterocycles. The van der Waals surface area contributed by atoms with Gasteiger partial charge in [0, 0.05) is 35.5 Å². The quantitative estimate of drug-likeness (QED) is 0.646. The van der Waals surface area contributed by atoms with Crippen LogP contribution >= 0.6 is 31.9 Å². The fourth-order valence-corrected chi connectivity index (χ4v) is 4.98. The van der Waals surface area contributed by atoms with E-state index in [2.05, 4.69) is 36.6 Å². The summed E-state index contributed by atoms with van der Waals surface area (Å²) in [4.78, 5) is 13.9. The van der Waals surface area contributed by atoms with Crippen molar-refractivity contribution in [3.63, 3.8) is 0 Å². The lowest BCUT2D eigenvalue weighted by atomic mass is 10.2. The normalized spacial score (nSPS) is 11.3. The molecule has 0 aliphatic rings. The monoisotopic (exact) mass is 488 g/mol. The average Bonchev–Trinajstić information content (AvgIpc) is 2.55. The van der Waals surface area contributed by atoms with Gasteiger partial charge in [0.25, 0.3) is 0 Å². The second kappa shape index (κ2) is 8.93. The third-order valence-electron chi connectivity index (χ3n) is 3.50. The van der Waals surface area contributed by atoms with Gasteiger partial charge >= 0.3 is 0 Å². The van der Waals surface area contributed by atoms with E-state index >= 15 is 0 Å². The van der Waals surface area contributed by atoms with Crippen molar-refractivity contribution in [3.05, 3.63) is 63.0 Å². The third-order valence-corrected chi connectivity index (χ3v) is 6.43. The van der Waals surface area contributed by atoms with Gasteiger partial charge in [-0.25, -0.2) is 13.1 Å². The van der Waals surface area contributed by atoms with Crippen molar-refractivity contribution >= 4 is 47.8 Å². The highest BCUT2D eigenvalue weighted by atomic mass is 79.9. The summed E-state index contributed by atoms with van der Waals surface area (Å²) in [5.74, 6) is -0.124. The summed E-state index contributed by atoms with van der Waals surface area (Å²) in [6.45, 7) is 0.535. The maximum Gasteiger partial charge on any atom is 0.241 e. The van der Waals surface area contributed by atoms with Crippen LogP contribution in [0.5, 0.6) is 0 Å². The van der Waals surface area contributed by atoms with Crippen molar-refractivity contribution in [1.82, 2.24) is 9.62 Å². The van der Waals surface area contributed by atoms with Crippen molar-refractivity contribution < 1.29 is 13.2 Å². The van der Waals surface area contributed by atoms with Crippen molar-refractivity contribution in [1.29, 1.82) is 0 Å². The largest absolute Gasteiger partial charge is 0.341 e. The molecule has 0 fully saturated rings. The number of hydrogen-bond acceptors (Lipinski definition) is 3. The fraction of sp³-hybridized carbons (Fsp3) is 0.235. The third kappa shape index (κ3) is 5.91. The topological polar surface area (TPSA) is 66.5 Å². The highest BCUT2D eigenvalue weighted by molar-refractivity contribution is 9.11. The zero-order chi connectivity index (χ0) is 18.4. The lowest BCUT2D eigenvalue weighted by Crippen LogP contribution is -2.32. The molecule has 0 aliphatic carbocycles. The maximum absolute atomic E-state index is 12.3. The van der Waals surface area contributed by atoms with E-state index in [4.69, 9.17) is 0 Å². The van der Waals surface area contributed by atoms with Crippen LogP contribution in [0.1, 0.15) is 12.0 Å². The second-order valence-electron chi connectivity index (χ2n) is 5.46. The summed E-state index contributed by atoms with van der Waals surface area (Å²) in [7, 11) is -1.97. The number of amides is 1. The van der Waals surface area contributed by atoms with E-state index in [1.807, 2.05) is 30.3 Å². The van der Waals surface area contributed by atoms with Crippen molar-refractivity contribution in [2.45, 2.75) is 17.9 Å². The van der Waals surface area contributed by atoms with E-state index < -0.39 is 10.0 Å². The van der Waals surface area contributed by atoms with Gasteiger partial charge in [0.1, 0.15) is 0 Å². The maximum atomic E-state index is 12.3. The lowest BCUT2D eigenvalue weighted by molar-refractivity contribution is -0.130. The van der Waals surface area contributed by atoms with Crippen LogP contribution in [0.3, 0.4) is 0 Å². The van der Waals surface area contributed by atoms with Crippen LogP contribution in [0.15, 0.2) is 62.4 Å². The number of carbonyl (C=O) groups excluding carboxylic acids is 1. The number of halogens is 2. The van der Waals surface area contributed by atoms with Gasteiger partial charge in [0.15, 0.2) is 0 Å². The van der Waals surface area contributed by atoms with E-state index in [0.29, 0.717) is 11.0 Å². The molecule has 25 heavy (non-hydrogen) atoms. The van der Waals surface area contributed by atoms with Crippen molar-refractivity contribution in [3.8, 4) is 0 Å². The van der Waals surface area contributed by atoms with Crippen LogP contribution in [0.25, 0.3) is 0 Å². The number of hydrogen-bond donors (Lipinski definition) is 1. The van der Waals surface area contributed by atoms with Gasteiger partial charge in [-0.3, -0.25) is 4.79 Å². The molecule has 134 valence electrons. The van der Waals surface area contributed by atoms with Gasteiger partial charge in [-0.2, -0.15) is 0 Å². The molecule has 0 saturated heterocycles. The second-order valence-corrected chi connectivity index (χ2v) is 8.96. The highest BCUT2D eigenvalue weighted by Gasteiger charge is 2.18. The van der Waals surface area contributed by atoms with Crippen LogP contribution in [0.2, 0.25) is 0 Å². The number of sulfonamides is 1. The van der Waals surface area contributed by atoms with Gasteiger partial charge in [0.05, 0.1) is 4.90 Å². The van der Waals surface area contributed by atoms with E-state index in [9.17, 15) is 13.2 Å². The fourth-order valence-electron chi connectivity index (χ4n) is 2.20. The van der Waals surface area contributed by atoms with Gasteiger partial charge in [-0.05, 0) is 39.7 Å². The molecule has 0 spiro atoms. The Kier molecular flexibility index (Phi) is 7.18. The minimum absolute atomic E-state index is 0.0444. The summed E-state index contributed by atoms with van der Waals surface area (Å²) in [6.07, 6.45) is 0.0940. The molecule has 0 radical (unpaired) electrons. The van der Waals surface area contributed by atoms with Crippen molar-refractivity contribution in [2.24, 2.45) is 0 Å². The Hall–Kier alpha value is -1.22. The lowest BCUT2D eigenvalue weighted by Gasteiger charge is -2.17. The highest BCUT2D eigenvalue weighted by Crippen LogP contribution is 2.25. The molecular formula is C17H18Br2N2O3S. The SMILES string of the molecule is CN(Cc1ccccc1)C(=O)CCNS(=O)(=O)c1ccc(Br)cc1Br. The van der Waals surface area contributed by atoms with Crippen LogP contribution in [0, 0.1) is 0 Å². The molecule has 0 unspecified atom stereocenters. The van der Waals surface area contributed by atoms with Gasteiger partial charge < -0.3 is 4.90 Å². The van der Waals surface area contributed by atoms with Gasteiger partial charge in [-0.15, -0.1) is 0 Å². The molecule has 1 amide bonds. The van der Waals surface area contributed by atoms with Crippen LogP contribution in [-0.2, 0) is 21.4 Å². The summed E-state index contributed by atoms with van der Waals surface area (Å²) in [5.41, 5.74) is 1.03. The molecule has 0 aliphatic heterocycles. The summed E-state index contributed by atoms with van der Waals surface area (Å²) >= 11 is 6.52. The minimum atomic E-state index is -3.68. The number of carbonyl (C=O) groups is 1. The van der Waals surface area contributed by atoms with Crippen LogP contribution in [-0.4, -0.2) is 32.8 Å². The average molecular weight is 490 g/mol. The molecule has 2 rings (SSSR count). The molecular weight excluding hydrogens is 472 g/mol. The zero-order valence-electron chi connectivity index (χ0n) is 13.6. The first-order chi connectivity index (χ1) is 11.8. The molecule has 5 nitrogen and oxygen atoms in total. The Morgan fingerprint density at radius 1 is 1.12 bits per heavy atom. The Balaban J connectivity index is 1.89. The zero-order valence-corrected chi connectivity index (χ0v) is 17.6. The first kappa shape index (κ1) is 20.1. The van der Waals surface area contributed by atoms with Crippen LogP contribution < -0.4 is 4.72 Å². The molecule has 2 aromatic carbocycles. The van der Waals surface area contributed by atoms with Crippen LogP contribution in [0.4, 0.5) is 0 Å². The summed E-state index contributed by atoms with van der Waals surface area (Å²) < 4.78 is 28.3. The van der Waals surface area contributed by atoms with E-state index in [1.165, 1.54) is 6.07 Å². The van der Waals surface area contributed by atoms with E-state index in [-0.39, 0.29) is 23.8 Å². The van der Waals surface area contributed by atoms with Crippen molar-refractivity contribution in [2.75, 3.05) is 13.6 Å². The Labute approximate surface area is 164 Å². The number of nitrogens with zero attached hydrogens (tertiary/aromatic N) is 1. The molecule has 8 heteroatoms. The standard InChI is InChI=1S/C17H18Br2N2O3S/c1-21(12-13-5-3-2-4-6-13)17(22)9-10-20-25(23,24)16-8-7-14(18)11-15(16)19/h2-8,11,20H,9-10,12H2,1H3. The van der Waals surface area contributed by atoms with E-state index in [0.717, 1.165) is 10.0 Å². The Morgan fingerprint density at radius 3 is 2.44 bits per heavy atom. The summed E-state index contributed by atoms with van der Waals surface area (Å²) in [6, 6.07) is 14.4. The number of nitrogens with one attached hydrogen (secondary N) is 1. The first-order valence-corrected chi connectivity index (χ1v) is 10.6. The Bertz CT molecular complexity index is 842. The number of benzene rings is 2. The molecule has 0 aromatic heterocycles. The first-order valence-electron chi connectivity index (χ1n) is 7.52. The Morgan fingerprint density at radius 2 is 1.80 bits per heavy atom. The predicted octanol–water partition coefficient (Wildman–Crippen LogP) is 3.54. The molecule has 0 saturated carbocycles. The van der Waals surface area contributed by atoms with Gasteiger partial charge in [0.2, 0.25) is 15.9 Å². The number of rotatable bonds is 7. The summed E-state index contributed by atoms with van der Waals surface area (Å²) in [5, 5.41) is 0. The molecule has 2 aromatic rings. The molecule has 1 N–H and O–H groups in total. The molecule has 0 bridgehead atoms.